The summed E-state index contributed by atoms with van der Waals surface area (Å²) in [4.78, 5) is 35.2. The highest BCUT2D eigenvalue weighted by Crippen LogP contribution is 2.32. The average molecular weight is 287 g/mol. The fraction of sp³-hybridized carbons (Fsp3) is 0.769. The molecule has 1 rings (SSSR count). The molecule has 0 spiro atoms. The Morgan fingerprint density at radius 3 is 2.55 bits per heavy atom. The van der Waals surface area contributed by atoms with E-state index in [0.29, 0.717) is 6.29 Å². The molecule has 1 saturated heterocycles. The molecule has 1 fully saturated rings. The van der Waals surface area contributed by atoms with Crippen LogP contribution in [0.5, 0.6) is 0 Å². The molecule has 0 bridgehead atoms. The number of aliphatic carboxylic acids is 1. The third-order valence-corrected chi connectivity index (χ3v) is 2.96. The second-order valence-corrected chi connectivity index (χ2v) is 5.93. The Kier molecular flexibility index (Phi) is 4.75. The minimum Gasteiger partial charge on any atom is -0.481 e. The third-order valence-electron chi connectivity index (χ3n) is 2.96. The first-order chi connectivity index (χ1) is 9.09. The molecular formula is C13H21NO6. The molecule has 20 heavy (non-hydrogen) atoms. The Labute approximate surface area is 117 Å². The Bertz CT molecular complexity index is 402. The van der Waals surface area contributed by atoms with Crippen LogP contribution >= 0.6 is 0 Å². The van der Waals surface area contributed by atoms with Crippen molar-refractivity contribution in [1.29, 1.82) is 0 Å². The molecule has 1 N–H and O–H groups in total. The van der Waals surface area contributed by atoms with Gasteiger partial charge in [0.15, 0.2) is 0 Å². The molecule has 0 aliphatic carbocycles. The van der Waals surface area contributed by atoms with Crippen molar-refractivity contribution in [2.24, 2.45) is 0 Å². The Balaban J connectivity index is 2.91. The van der Waals surface area contributed by atoms with Crippen molar-refractivity contribution < 1.29 is 29.0 Å². The molecule has 1 unspecified atom stereocenters. The lowest BCUT2D eigenvalue weighted by molar-refractivity contribution is -0.140. The smallest absolute Gasteiger partial charge is 0.413 e. The van der Waals surface area contributed by atoms with E-state index in [1.54, 1.807) is 27.7 Å². The van der Waals surface area contributed by atoms with Gasteiger partial charge >= 0.3 is 12.1 Å². The normalized spacial score (nSPS) is 26.4. The van der Waals surface area contributed by atoms with E-state index in [1.165, 1.54) is 4.90 Å². The third kappa shape index (κ3) is 3.93. The van der Waals surface area contributed by atoms with Crippen molar-refractivity contribution in [2.45, 2.75) is 57.9 Å². The molecule has 2 atom stereocenters. The molecule has 7 heteroatoms. The van der Waals surface area contributed by atoms with E-state index in [4.69, 9.17) is 14.6 Å². The minimum absolute atomic E-state index is 0.0405. The zero-order chi connectivity index (χ0) is 15.6. The number of rotatable bonds is 4. The number of nitrogens with zero attached hydrogens (tertiary/aromatic N) is 1. The van der Waals surface area contributed by atoms with Crippen molar-refractivity contribution in [3.63, 3.8) is 0 Å². The molecule has 0 aromatic carbocycles. The van der Waals surface area contributed by atoms with Gasteiger partial charge in [-0.25, -0.2) is 4.79 Å². The van der Waals surface area contributed by atoms with E-state index in [9.17, 15) is 14.4 Å². The van der Waals surface area contributed by atoms with Crippen molar-refractivity contribution >= 4 is 18.3 Å². The molecule has 0 aromatic heterocycles. The summed E-state index contributed by atoms with van der Waals surface area (Å²) >= 11 is 0. The molecule has 1 amide bonds. The Morgan fingerprint density at radius 1 is 1.50 bits per heavy atom. The van der Waals surface area contributed by atoms with Gasteiger partial charge in [0.2, 0.25) is 0 Å². The SMILES string of the molecule is CC(C)(C)OC(=O)N1[C@H](C=O)COC1(C)CCC(=O)O. The molecular weight excluding hydrogens is 266 g/mol. The van der Waals surface area contributed by atoms with Crippen molar-refractivity contribution in [1.82, 2.24) is 4.90 Å². The van der Waals surface area contributed by atoms with Gasteiger partial charge in [-0.15, -0.1) is 0 Å². The lowest BCUT2D eigenvalue weighted by atomic mass is 10.1. The van der Waals surface area contributed by atoms with E-state index in [-0.39, 0.29) is 19.4 Å². The molecule has 0 radical (unpaired) electrons. The Hall–Kier alpha value is -1.63. The maximum atomic E-state index is 12.2. The van der Waals surface area contributed by atoms with Crippen LogP contribution in [0.15, 0.2) is 0 Å². The van der Waals surface area contributed by atoms with Crippen LogP contribution in [0.2, 0.25) is 0 Å². The molecule has 0 saturated carbocycles. The fourth-order valence-corrected chi connectivity index (χ4v) is 2.03. The first-order valence-electron chi connectivity index (χ1n) is 6.42. The number of ether oxygens (including phenoxy) is 2. The summed E-state index contributed by atoms with van der Waals surface area (Å²) in [7, 11) is 0. The highest BCUT2D eigenvalue weighted by Gasteiger charge is 2.48. The van der Waals surface area contributed by atoms with Crippen molar-refractivity contribution in [3.8, 4) is 0 Å². The van der Waals surface area contributed by atoms with Gasteiger partial charge in [-0.1, -0.05) is 0 Å². The van der Waals surface area contributed by atoms with Gasteiger partial charge in [0.05, 0.1) is 6.61 Å². The zero-order valence-electron chi connectivity index (χ0n) is 12.2. The molecule has 114 valence electrons. The maximum absolute atomic E-state index is 12.2. The van der Waals surface area contributed by atoms with E-state index >= 15 is 0 Å². The van der Waals surface area contributed by atoms with Crippen LogP contribution in [0.1, 0.15) is 40.5 Å². The van der Waals surface area contributed by atoms with E-state index in [1.807, 2.05) is 0 Å². The first kappa shape index (κ1) is 16.4. The van der Waals surface area contributed by atoms with Gasteiger partial charge < -0.3 is 19.4 Å². The van der Waals surface area contributed by atoms with Crippen LogP contribution in [-0.2, 0) is 19.1 Å². The molecule has 1 aliphatic rings. The molecule has 1 heterocycles. The van der Waals surface area contributed by atoms with Crippen molar-refractivity contribution in [2.75, 3.05) is 6.61 Å². The summed E-state index contributed by atoms with van der Waals surface area (Å²) in [5.74, 6) is -0.992. The number of carboxylic acids is 1. The Morgan fingerprint density at radius 2 is 2.10 bits per heavy atom. The van der Waals surface area contributed by atoms with E-state index in [0.717, 1.165) is 0 Å². The van der Waals surface area contributed by atoms with Crippen LogP contribution in [0.25, 0.3) is 0 Å². The topological polar surface area (TPSA) is 93.1 Å². The van der Waals surface area contributed by atoms with Crippen LogP contribution in [-0.4, -0.2) is 52.3 Å². The summed E-state index contributed by atoms with van der Waals surface area (Å²) in [6.45, 7) is 6.77. The number of amides is 1. The number of hydrogen-bond donors (Lipinski definition) is 1. The van der Waals surface area contributed by atoms with Crippen LogP contribution < -0.4 is 0 Å². The number of aldehydes is 1. The molecule has 0 aromatic rings. The standard InChI is InChI=1S/C13H21NO6/c1-12(2,3)20-11(18)14-9(7-15)8-19-13(14,4)6-5-10(16)17/h7,9H,5-6,8H2,1-4H3,(H,16,17)/t9-,13?/m1/s1. The zero-order valence-corrected chi connectivity index (χ0v) is 12.2. The van der Waals surface area contributed by atoms with E-state index in [2.05, 4.69) is 0 Å². The van der Waals surface area contributed by atoms with Gasteiger partial charge in [0.1, 0.15) is 23.7 Å². The highest BCUT2D eigenvalue weighted by molar-refractivity contribution is 5.75. The van der Waals surface area contributed by atoms with Gasteiger partial charge in [0, 0.05) is 12.8 Å². The average Bonchev–Trinajstić information content (AvgIpc) is 2.62. The molecule has 1 aliphatic heterocycles. The number of carboxylic acid groups (broad SMARTS) is 1. The van der Waals surface area contributed by atoms with Gasteiger partial charge in [0.25, 0.3) is 0 Å². The summed E-state index contributed by atoms with van der Waals surface area (Å²) < 4.78 is 10.7. The number of carbonyl (C=O) groups excluding carboxylic acids is 2. The molecule has 7 nitrogen and oxygen atoms in total. The first-order valence-corrected chi connectivity index (χ1v) is 6.42. The summed E-state index contributed by atoms with van der Waals surface area (Å²) in [5.41, 5.74) is -1.85. The quantitative estimate of drug-likeness (QED) is 0.786. The fourth-order valence-electron chi connectivity index (χ4n) is 2.03. The predicted molar refractivity (Wildman–Crippen MR) is 69.2 cm³/mol. The summed E-state index contributed by atoms with van der Waals surface area (Å²) in [6, 6.07) is -0.761. The number of carbonyl (C=O) groups is 3. The summed E-state index contributed by atoms with van der Waals surface area (Å²) in [6.07, 6.45) is -0.150. The number of hydrogen-bond acceptors (Lipinski definition) is 5. The van der Waals surface area contributed by atoms with Crippen molar-refractivity contribution in [3.05, 3.63) is 0 Å². The van der Waals surface area contributed by atoms with Crippen LogP contribution in [0.4, 0.5) is 4.79 Å². The minimum atomic E-state index is -1.15. The van der Waals surface area contributed by atoms with Gasteiger partial charge in [-0.2, -0.15) is 0 Å². The highest BCUT2D eigenvalue weighted by atomic mass is 16.6. The van der Waals surface area contributed by atoms with Crippen LogP contribution in [0.3, 0.4) is 0 Å². The predicted octanol–water partition coefficient (Wildman–Crippen LogP) is 1.40. The van der Waals surface area contributed by atoms with Gasteiger partial charge in [-0.05, 0) is 27.7 Å². The van der Waals surface area contributed by atoms with Crippen LogP contribution in [0, 0.1) is 0 Å². The lowest BCUT2D eigenvalue weighted by Gasteiger charge is -2.36. The summed E-state index contributed by atoms with van der Waals surface area (Å²) in [5, 5.41) is 8.76. The van der Waals surface area contributed by atoms with Gasteiger partial charge in [-0.3, -0.25) is 9.69 Å². The maximum Gasteiger partial charge on any atom is 0.413 e. The monoisotopic (exact) mass is 287 g/mol. The lowest BCUT2D eigenvalue weighted by Crippen LogP contribution is -2.52. The second kappa shape index (κ2) is 5.78. The second-order valence-electron chi connectivity index (χ2n) is 5.93. The van der Waals surface area contributed by atoms with E-state index < -0.39 is 29.4 Å². The largest absolute Gasteiger partial charge is 0.481 e.